The molecule has 2 aliphatic rings. The van der Waals surface area contributed by atoms with Crippen molar-refractivity contribution < 1.29 is 4.42 Å². The van der Waals surface area contributed by atoms with Crippen LogP contribution in [0, 0.1) is 0 Å². The number of H-pyrrole nitrogens is 1. The van der Waals surface area contributed by atoms with Gasteiger partial charge in [0, 0.05) is 31.0 Å². The van der Waals surface area contributed by atoms with Crippen molar-refractivity contribution in [3.63, 3.8) is 0 Å². The van der Waals surface area contributed by atoms with Crippen LogP contribution < -0.4 is 16.0 Å². The molecule has 0 spiro atoms. The molecule has 5 rings (SSSR count). The SMILES string of the molecule is CN(c1ccnc(Nc2ccc3oc(=O)[nH]c3c2)n1)[C@H]1CCCN2CCCC[C@H]12. The molecule has 2 aromatic heterocycles. The fraction of sp³-hybridized carbons (Fsp3) is 0.476. The van der Waals surface area contributed by atoms with E-state index in [9.17, 15) is 4.79 Å². The number of nitrogens with zero attached hydrogens (tertiary/aromatic N) is 4. The van der Waals surface area contributed by atoms with Gasteiger partial charge in [-0.15, -0.1) is 0 Å². The number of hydrogen-bond donors (Lipinski definition) is 2. The Labute approximate surface area is 168 Å². The van der Waals surface area contributed by atoms with Gasteiger partial charge in [0.05, 0.1) is 5.52 Å². The minimum atomic E-state index is -0.457. The van der Waals surface area contributed by atoms with Gasteiger partial charge in [-0.05, 0) is 63.0 Å². The van der Waals surface area contributed by atoms with E-state index in [1.165, 1.54) is 45.2 Å². The second-order valence-corrected chi connectivity index (χ2v) is 8.01. The first-order valence-electron chi connectivity index (χ1n) is 10.4. The molecule has 0 aliphatic carbocycles. The Morgan fingerprint density at radius 3 is 3.03 bits per heavy atom. The Morgan fingerprint density at radius 1 is 1.21 bits per heavy atom. The fourth-order valence-corrected chi connectivity index (χ4v) is 4.81. The van der Waals surface area contributed by atoms with Crippen molar-refractivity contribution in [3.8, 4) is 0 Å². The van der Waals surface area contributed by atoms with Crippen molar-refractivity contribution in [2.24, 2.45) is 0 Å². The smallest absolute Gasteiger partial charge is 0.408 e. The molecule has 2 saturated heterocycles. The van der Waals surface area contributed by atoms with Crippen LogP contribution in [0.15, 0.2) is 39.7 Å². The van der Waals surface area contributed by atoms with E-state index in [1.54, 1.807) is 12.3 Å². The summed E-state index contributed by atoms with van der Waals surface area (Å²) < 4.78 is 5.05. The van der Waals surface area contributed by atoms with Gasteiger partial charge in [-0.3, -0.25) is 9.88 Å². The fourth-order valence-electron chi connectivity index (χ4n) is 4.81. The third-order valence-corrected chi connectivity index (χ3v) is 6.23. The minimum absolute atomic E-state index is 0.457. The predicted octanol–water partition coefficient (Wildman–Crippen LogP) is 3.11. The lowest BCUT2D eigenvalue weighted by atomic mass is 9.88. The van der Waals surface area contributed by atoms with Gasteiger partial charge in [0.1, 0.15) is 5.82 Å². The van der Waals surface area contributed by atoms with Crippen molar-refractivity contribution in [2.45, 2.75) is 44.2 Å². The second kappa shape index (κ2) is 7.51. The number of rotatable bonds is 4. The summed E-state index contributed by atoms with van der Waals surface area (Å²) in [6.07, 6.45) is 8.15. The number of hydrogen-bond acceptors (Lipinski definition) is 7. The topological polar surface area (TPSA) is 90.3 Å². The van der Waals surface area contributed by atoms with Crippen LogP contribution in [0.2, 0.25) is 0 Å². The molecule has 2 fully saturated rings. The van der Waals surface area contributed by atoms with Gasteiger partial charge in [0.2, 0.25) is 5.95 Å². The molecule has 0 saturated carbocycles. The van der Waals surface area contributed by atoms with Crippen LogP contribution in [0.1, 0.15) is 32.1 Å². The van der Waals surface area contributed by atoms with Crippen molar-refractivity contribution in [3.05, 3.63) is 41.0 Å². The summed E-state index contributed by atoms with van der Waals surface area (Å²) in [5.41, 5.74) is 1.97. The monoisotopic (exact) mass is 394 g/mol. The molecule has 8 heteroatoms. The lowest BCUT2D eigenvalue weighted by Gasteiger charge is -2.47. The van der Waals surface area contributed by atoms with Crippen molar-refractivity contribution in [1.29, 1.82) is 0 Å². The van der Waals surface area contributed by atoms with Gasteiger partial charge < -0.3 is 14.6 Å². The van der Waals surface area contributed by atoms with Crippen LogP contribution in [-0.2, 0) is 0 Å². The molecule has 1 aromatic carbocycles. The Bertz CT molecular complexity index is 1060. The van der Waals surface area contributed by atoms with Crippen molar-refractivity contribution in [1.82, 2.24) is 19.9 Å². The quantitative estimate of drug-likeness (QED) is 0.703. The van der Waals surface area contributed by atoms with Crippen molar-refractivity contribution >= 4 is 28.6 Å². The van der Waals surface area contributed by atoms with E-state index in [4.69, 9.17) is 9.40 Å². The van der Waals surface area contributed by atoms with Crippen LogP contribution in [0.5, 0.6) is 0 Å². The number of nitrogens with one attached hydrogen (secondary N) is 2. The maximum Gasteiger partial charge on any atom is 0.417 e. The third kappa shape index (κ3) is 3.60. The largest absolute Gasteiger partial charge is 0.417 e. The minimum Gasteiger partial charge on any atom is -0.408 e. The molecule has 0 radical (unpaired) electrons. The maximum absolute atomic E-state index is 11.4. The molecule has 3 aromatic rings. The summed E-state index contributed by atoms with van der Waals surface area (Å²) in [5, 5.41) is 3.24. The third-order valence-electron chi connectivity index (χ3n) is 6.23. The van der Waals surface area contributed by atoms with Crippen LogP contribution in [0.25, 0.3) is 11.1 Å². The van der Waals surface area contributed by atoms with E-state index in [1.807, 2.05) is 18.2 Å². The summed E-state index contributed by atoms with van der Waals surface area (Å²) in [6.45, 7) is 2.45. The lowest BCUT2D eigenvalue weighted by molar-refractivity contribution is 0.0894. The molecule has 0 amide bonds. The highest BCUT2D eigenvalue weighted by Gasteiger charge is 2.35. The Kier molecular flexibility index (Phi) is 4.71. The standard InChI is InChI=1S/C21H26N6O2/c1-26(16-6-4-12-27-11-3-2-5-17(16)27)19-9-10-22-20(25-19)23-14-7-8-18-15(13-14)24-21(28)29-18/h7-10,13,16-17H,2-6,11-12H2,1H3,(H,24,28)(H,22,23,25)/t16-,17+/m0/s1. The summed E-state index contributed by atoms with van der Waals surface area (Å²) >= 11 is 0. The van der Waals surface area contributed by atoms with Gasteiger partial charge in [0.25, 0.3) is 0 Å². The van der Waals surface area contributed by atoms with Crippen molar-refractivity contribution in [2.75, 3.05) is 30.4 Å². The van der Waals surface area contributed by atoms with Gasteiger partial charge in [-0.25, -0.2) is 9.78 Å². The molecule has 8 nitrogen and oxygen atoms in total. The number of fused-ring (bicyclic) bond motifs is 2. The number of piperidine rings is 2. The summed E-state index contributed by atoms with van der Waals surface area (Å²) in [4.78, 5) is 28.1. The number of benzene rings is 1. The van der Waals surface area contributed by atoms with E-state index < -0.39 is 5.76 Å². The number of likely N-dealkylation sites (N-methyl/N-ethyl adjacent to an activating group) is 1. The number of oxazole rings is 1. The zero-order valence-corrected chi connectivity index (χ0v) is 16.6. The zero-order valence-electron chi connectivity index (χ0n) is 16.6. The highest BCUT2D eigenvalue weighted by molar-refractivity contribution is 5.77. The molecular weight excluding hydrogens is 368 g/mol. The van der Waals surface area contributed by atoms with E-state index in [-0.39, 0.29) is 0 Å². The van der Waals surface area contributed by atoms with Crippen LogP contribution in [0.3, 0.4) is 0 Å². The number of aromatic amines is 1. The van der Waals surface area contributed by atoms with E-state index in [2.05, 4.69) is 32.1 Å². The maximum atomic E-state index is 11.4. The first kappa shape index (κ1) is 18.2. The molecule has 0 bridgehead atoms. The molecule has 2 atom stereocenters. The Morgan fingerprint density at radius 2 is 2.10 bits per heavy atom. The Hall–Kier alpha value is -2.87. The number of anilines is 3. The first-order valence-corrected chi connectivity index (χ1v) is 10.4. The van der Waals surface area contributed by atoms with Gasteiger partial charge in [-0.2, -0.15) is 4.98 Å². The summed E-state index contributed by atoms with van der Waals surface area (Å²) in [7, 11) is 2.15. The summed E-state index contributed by atoms with van der Waals surface area (Å²) in [5.74, 6) is 1.01. The molecule has 29 heavy (non-hydrogen) atoms. The van der Waals surface area contributed by atoms with E-state index >= 15 is 0 Å². The average Bonchev–Trinajstić information content (AvgIpc) is 3.12. The molecule has 4 heterocycles. The van der Waals surface area contributed by atoms with Crippen LogP contribution in [0.4, 0.5) is 17.5 Å². The lowest BCUT2D eigenvalue weighted by Crippen LogP contribution is -2.56. The normalized spacial score (nSPS) is 22.4. The summed E-state index contributed by atoms with van der Waals surface area (Å²) in [6, 6.07) is 8.50. The average molecular weight is 394 g/mol. The predicted molar refractivity (Wildman–Crippen MR) is 113 cm³/mol. The van der Waals surface area contributed by atoms with E-state index in [0.717, 1.165) is 11.5 Å². The highest BCUT2D eigenvalue weighted by Crippen LogP contribution is 2.31. The molecule has 2 aliphatic heterocycles. The zero-order chi connectivity index (χ0) is 19.8. The van der Waals surface area contributed by atoms with Gasteiger partial charge in [-0.1, -0.05) is 6.42 Å². The molecular formula is C21H26N6O2. The molecule has 2 N–H and O–H groups in total. The Balaban J connectivity index is 1.36. The van der Waals surface area contributed by atoms with Gasteiger partial charge >= 0.3 is 5.76 Å². The number of aromatic nitrogens is 3. The highest BCUT2D eigenvalue weighted by atomic mass is 16.4. The van der Waals surface area contributed by atoms with Gasteiger partial charge in [0.15, 0.2) is 5.58 Å². The first-order chi connectivity index (χ1) is 14.2. The van der Waals surface area contributed by atoms with Crippen LogP contribution in [-0.4, -0.2) is 52.1 Å². The molecule has 0 unspecified atom stereocenters. The van der Waals surface area contributed by atoms with Crippen LogP contribution >= 0.6 is 0 Å². The second-order valence-electron chi connectivity index (χ2n) is 8.01. The molecule has 152 valence electrons. The van der Waals surface area contributed by atoms with E-state index in [0.29, 0.717) is 29.1 Å².